The molecule has 1 aromatic rings. The van der Waals surface area contributed by atoms with Crippen LogP contribution in [0.3, 0.4) is 0 Å². The summed E-state index contributed by atoms with van der Waals surface area (Å²) in [7, 11) is -3.80. The molecule has 0 aliphatic carbocycles. The molecule has 1 saturated heterocycles. The van der Waals surface area contributed by atoms with Gasteiger partial charge in [0.2, 0.25) is 10.0 Å². The average molecular weight is 323 g/mol. The Morgan fingerprint density at radius 2 is 1.57 bits per heavy atom. The number of rotatable bonds is 2. The van der Waals surface area contributed by atoms with Gasteiger partial charge in [-0.05, 0) is 38.1 Å². The number of benzene rings is 1. The van der Waals surface area contributed by atoms with E-state index in [9.17, 15) is 21.6 Å². The van der Waals surface area contributed by atoms with Crippen molar-refractivity contribution in [3.63, 3.8) is 0 Å². The maximum atomic E-state index is 12.5. The lowest BCUT2D eigenvalue weighted by Gasteiger charge is -2.34. The Kier molecular flexibility index (Phi) is 4.32. The summed E-state index contributed by atoms with van der Waals surface area (Å²) in [4.78, 5) is -0.142. The SMILES string of the molecule is C[C@@H]1CN(S(=O)(=O)c2ccc(C(F)(F)F)cc2)C[C@@H](C)O1. The van der Waals surface area contributed by atoms with E-state index in [2.05, 4.69) is 0 Å². The number of hydrogen-bond acceptors (Lipinski definition) is 3. The summed E-state index contributed by atoms with van der Waals surface area (Å²) < 4.78 is 69.0. The second kappa shape index (κ2) is 5.58. The van der Waals surface area contributed by atoms with Gasteiger partial charge in [-0.3, -0.25) is 0 Å². The molecule has 1 heterocycles. The number of hydrogen-bond donors (Lipinski definition) is 0. The molecule has 0 bridgehead atoms. The maximum absolute atomic E-state index is 12.5. The summed E-state index contributed by atoms with van der Waals surface area (Å²) in [6.07, 6.45) is -4.99. The second-order valence-corrected chi connectivity index (χ2v) is 7.04. The summed E-state index contributed by atoms with van der Waals surface area (Å²) in [6, 6.07) is 3.53. The van der Waals surface area contributed by atoms with Crippen LogP contribution in [0.25, 0.3) is 0 Å². The van der Waals surface area contributed by atoms with Crippen molar-refractivity contribution in [2.24, 2.45) is 0 Å². The number of morpholine rings is 1. The quantitative estimate of drug-likeness (QED) is 0.840. The van der Waals surface area contributed by atoms with E-state index in [1.54, 1.807) is 13.8 Å². The van der Waals surface area contributed by atoms with Crippen molar-refractivity contribution >= 4 is 10.0 Å². The first-order valence-electron chi connectivity index (χ1n) is 6.43. The van der Waals surface area contributed by atoms with Crippen molar-refractivity contribution < 1.29 is 26.3 Å². The highest BCUT2D eigenvalue weighted by Crippen LogP contribution is 2.30. The van der Waals surface area contributed by atoms with Crippen LogP contribution < -0.4 is 0 Å². The minimum Gasteiger partial charge on any atom is -0.373 e. The first kappa shape index (κ1) is 16.3. The standard InChI is InChI=1S/C13H16F3NO3S/c1-9-7-17(8-10(2)20-9)21(18,19)12-5-3-11(4-6-12)13(14,15)16/h3-6,9-10H,7-8H2,1-2H3/t9-,10-/m1/s1. The lowest BCUT2D eigenvalue weighted by atomic mass is 10.2. The van der Waals surface area contributed by atoms with Crippen LogP contribution in [0.4, 0.5) is 13.2 Å². The van der Waals surface area contributed by atoms with Gasteiger partial charge in [-0.25, -0.2) is 8.42 Å². The molecule has 0 N–H and O–H groups in total. The van der Waals surface area contributed by atoms with Crippen LogP contribution in [0.2, 0.25) is 0 Å². The molecule has 1 fully saturated rings. The monoisotopic (exact) mass is 323 g/mol. The first-order valence-corrected chi connectivity index (χ1v) is 7.87. The maximum Gasteiger partial charge on any atom is 0.416 e. The van der Waals surface area contributed by atoms with E-state index >= 15 is 0 Å². The van der Waals surface area contributed by atoms with Gasteiger partial charge in [-0.1, -0.05) is 0 Å². The van der Waals surface area contributed by atoms with Crippen LogP contribution in [0.1, 0.15) is 19.4 Å². The molecule has 8 heteroatoms. The van der Waals surface area contributed by atoms with Gasteiger partial charge < -0.3 is 4.74 Å². The van der Waals surface area contributed by atoms with E-state index in [-0.39, 0.29) is 30.2 Å². The predicted octanol–water partition coefficient (Wildman–Crippen LogP) is 2.50. The Labute approximate surface area is 121 Å². The molecule has 1 aliphatic rings. The van der Waals surface area contributed by atoms with Gasteiger partial charge in [0, 0.05) is 13.1 Å². The van der Waals surface area contributed by atoms with Gasteiger partial charge in [-0.15, -0.1) is 0 Å². The Bertz CT molecular complexity index is 588. The number of ether oxygens (including phenoxy) is 1. The molecule has 21 heavy (non-hydrogen) atoms. The van der Waals surface area contributed by atoms with Gasteiger partial charge in [-0.2, -0.15) is 17.5 Å². The fourth-order valence-electron chi connectivity index (χ4n) is 2.29. The van der Waals surface area contributed by atoms with E-state index in [0.717, 1.165) is 24.3 Å². The highest BCUT2D eigenvalue weighted by atomic mass is 32.2. The lowest BCUT2D eigenvalue weighted by molar-refractivity contribution is -0.137. The zero-order valence-electron chi connectivity index (χ0n) is 11.6. The third-order valence-electron chi connectivity index (χ3n) is 3.21. The lowest BCUT2D eigenvalue weighted by Crippen LogP contribution is -2.48. The third kappa shape index (κ3) is 3.56. The van der Waals surface area contributed by atoms with Gasteiger partial charge in [0.25, 0.3) is 0 Å². The number of alkyl halides is 3. The molecular formula is C13H16F3NO3S. The van der Waals surface area contributed by atoms with Crippen LogP contribution in [0.5, 0.6) is 0 Å². The van der Waals surface area contributed by atoms with E-state index in [0.29, 0.717) is 0 Å². The molecule has 0 saturated carbocycles. The Hall–Kier alpha value is -1.12. The van der Waals surface area contributed by atoms with Crippen molar-refractivity contribution in [1.82, 2.24) is 4.31 Å². The van der Waals surface area contributed by atoms with Crippen molar-refractivity contribution in [2.45, 2.75) is 37.1 Å². The molecule has 2 rings (SSSR count). The van der Waals surface area contributed by atoms with Crippen LogP contribution in [-0.2, 0) is 20.9 Å². The fraction of sp³-hybridized carbons (Fsp3) is 0.538. The van der Waals surface area contributed by atoms with Gasteiger partial charge in [0.05, 0.1) is 22.7 Å². The Morgan fingerprint density at radius 1 is 1.10 bits per heavy atom. The summed E-state index contributed by atoms with van der Waals surface area (Å²) in [5.74, 6) is 0. The molecule has 0 spiro atoms. The van der Waals surface area contributed by atoms with Gasteiger partial charge in [0.15, 0.2) is 0 Å². The van der Waals surface area contributed by atoms with Crippen LogP contribution in [0, 0.1) is 0 Å². The largest absolute Gasteiger partial charge is 0.416 e. The van der Waals surface area contributed by atoms with Crippen molar-refractivity contribution in [2.75, 3.05) is 13.1 Å². The fourth-order valence-corrected chi connectivity index (χ4v) is 3.88. The second-order valence-electron chi connectivity index (χ2n) is 5.10. The van der Waals surface area contributed by atoms with Gasteiger partial charge >= 0.3 is 6.18 Å². The van der Waals surface area contributed by atoms with Crippen LogP contribution in [0.15, 0.2) is 29.2 Å². The highest BCUT2D eigenvalue weighted by Gasteiger charge is 2.34. The normalized spacial score (nSPS) is 25.0. The average Bonchev–Trinajstić information content (AvgIpc) is 2.36. The molecule has 0 aromatic heterocycles. The summed E-state index contributed by atoms with van der Waals surface area (Å²) in [5.41, 5.74) is -0.870. The van der Waals surface area contributed by atoms with E-state index < -0.39 is 21.8 Å². The molecule has 1 aliphatic heterocycles. The predicted molar refractivity (Wildman–Crippen MR) is 70.2 cm³/mol. The molecule has 0 unspecified atom stereocenters. The van der Waals surface area contributed by atoms with E-state index in [4.69, 9.17) is 4.74 Å². The summed E-state index contributed by atoms with van der Waals surface area (Å²) >= 11 is 0. The smallest absolute Gasteiger partial charge is 0.373 e. The van der Waals surface area contributed by atoms with Crippen molar-refractivity contribution in [1.29, 1.82) is 0 Å². The Morgan fingerprint density at radius 3 is 2.00 bits per heavy atom. The number of sulfonamides is 1. The number of halogens is 3. The van der Waals surface area contributed by atoms with Crippen molar-refractivity contribution in [3.05, 3.63) is 29.8 Å². The minimum atomic E-state index is -4.48. The first-order chi connectivity index (χ1) is 9.60. The zero-order chi connectivity index (χ0) is 15.8. The zero-order valence-corrected chi connectivity index (χ0v) is 12.4. The van der Waals surface area contributed by atoms with Crippen LogP contribution in [-0.4, -0.2) is 38.0 Å². The van der Waals surface area contributed by atoms with Crippen molar-refractivity contribution in [3.8, 4) is 0 Å². The third-order valence-corrected chi connectivity index (χ3v) is 5.05. The number of nitrogens with zero attached hydrogens (tertiary/aromatic N) is 1. The molecule has 1 aromatic carbocycles. The Balaban J connectivity index is 2.27. The molecular weight excluding hydrogens is 307 g/mol. The highest BCUT2D eigenvalue weighted by molar-refractivity contribution is 7.89. The minimum absolute atomic E-state index is 0.142. The molecule has 4 nitrogen and oxygen atoms in total. The molecule has 118 valence electrons. The van der Waals surface area contributed by atoms with E-state index in [1.165, 1.54) is 4.31 Å². The van der Waals surface area contributed by atoms with Gasteiger partial charge in [0.1, 0.15) is 0 Å². The molecule has 0 amide bonds. The molecule has 0 radical (unpaired) electrons. The molecule has 2 atom stereocenters. The van der Waals surface area contributed by atoms with Crippen LogP contribution >= 0.6 is 0 Å². The van der Waals surface area contributed by atoms with E-state index in [1.807, 2.05) is 0 Å². The summed E-state index contributed by atoms with van der Waals surface area (Å²) in [6.45, 7) is 3.89. The topological polar surface area (TPSA) is 46.6 Å². The summed E-state index contributed by atoms with van der Waals surface area (Å²) in [5, 5.41) is 0.